The van der Waals surface area contributed by atoms with Gasteiger partial charge in [0.1, 0.15) is 5.75 Å². The summed E-state index contributed by atoms with van der Waals surface area (Å²) in [4.78, 5) is 16.8. The van der Waals surface area contributed by atoms with E-state index in [-0.39, 0.29) is 5.78 Å². The standard InChI is InChI=1S/C20H17BrN2O2/c21-10-12-25-17-7-3-6-16(13-17)23-19-9-2-1-8-18(19)20(24)15-5-4-11-22-14-15/h1-9,11,13-14,23H,10,12H2. The largest absolute Gasteiger partial charge is 0.493 e. The first kappa shape index (κ1) is 17.2. The Morgan fingerprint density at radius 2 is 1.96 bits per heavy atom. The molecule has 2 aromatic carbocycles. The Morgan fingerprint density at radius 3 is 2.76 bits per heavy atom. The van der Waals surface area contributed by atoms with Gasteiger partial charge in [-0.1, -0.05) is 34.1 Å². The van der Waals surface area contributed by atoms with Gasteiger partial charge in [-0.25, -0.2) is 0 Å². The zero-order valence-corrected chi connectivity index (χ0v) is 15.1. The summed E-state index contributed by atoms with van der Waals surface area (Å²) in [6.07, 6.45) is 3.23. The fraction of sp³-hybridized carbons (Fsp3) is 0.100. The Bertz CT molecular complexity index is 853. The van der Waals surface area contributed by atoms with Crippen molar-refractivity contribution in [3.05, 3.63) is 84.2 Å². The molecule has 126 valence electrons. The molecule has 0 aliphatic rings. The highest BCUT2D eigenvalue weighted by molar-refractivity contribution is 9.09. The van der Waals surface area contributed by atoms with Gasteiger partial charge in [0.2, 0.25) is 0 Å². The Balaban J connectivity index is 1.85. The molecule has 1 heterocycles. The maximum absolute atomic E-state index is 12.8. The first-order valence-corrected chi connectivity index (χ1v) is 8.99. The first-order valence-electron chi connectivity index (χ1n) is 7.87. The summed E-state index contributed by atoms with van der Waals surface area (Å²) < 4.78 is 5.62. The van der Waals surface area contributed by atoms with Gasteiger partial charge >= 0.3 is 0 Å². The molecule has 1 aromatic heterocycles. The molecule has 0 saturated carbocycles. The van der Waals surface area contributed by atoms with Crippen LogP contribution in [0.3, 0.4) is 0 Å². The fourth-order valence-electron chi connectivity index (χ4n) is 2.42. The lowest BCUT2D eigenvalue weighted by atomic mass is 10.0. The highest BCUT2D eigenvalue weighted by Crippen LogP contribution is 2.25. The quantitative estimate of drug-likeness (QED) is 0.458. The summed E-state index contributed by atoms with van der Waals surface area (Å²) in [5.74, 6) is 0.711. The number of ketones is 1. The van der Waals surface area contributed by atoms with Crippen molar-refractivity contribution >= 4 is 33.1 Å². The second kappa shape index (κ2) is 8.44. The Labute approximate surface area is 155 Å². The van der Waals surface area contributed by atoms with Crippen molar-refractivity contribution in [2.24, 2.45) is 0 Å². The van der Waals surface area contributed by atoms with Gasteiger partial charge in [0.05, 0.1) is 6.61 Å². The third kappa shape index (κ3) is 4.45. The van der Waals surface area contributed by atoms with Crippen LogP contribution in [-0.4, -0.2) is 22.7 Å². The molecule has 0 saturated heterocycles. The average Bonchev–Trinajstić information content (AvgIpc) is 2.67. The van der Waals surface area contributed by atoms with Crippen molar-refractivity contribution in [3.8, 4) is 5.75 Å². The molecule has 25 heavy (non-hydrogen) atoms. The highest BCUT2D eigenvalue weighted by atomic mass is 79.9. The number of pyridine rings is 1. The predicted molar refractivity (Wildman–Crippen MR) is 103 cm³/mol. The van der Waals surface area contributed by atoms with E-state index >= 15 is 0 Å². The van der Waals surface area contributed by atoms with Crippen LogP contribution in [0.25, 0.3) is 0 Å². The molecule has 0 unspecified atom stereocenters. The summed E-state index contributed by atoms with van der Waals surface area (Å²) in [5.41, 5.74) is 2.76. The minimum absolute atomic E-state index is 0.0668. The van der Waals surface area contributed by atoms with E-state index in [1.165, 1.54) is 0 Å². The number of carbonyl (C=O) groups is 1. The van der Waals surface area contributed by atoms with Gasteiger partial charge in [-0.15, -0.1) is 0 Å². The van der Waals surface area contributed by atoms with Gasteiger partial charge in [0, 0.05) is 46.3 Å². The van der Waals surface area contributed by atoms with Gasteiger partial charge in [-0.05, 0) is 36.4 Å². The van der Waals surface area contributed by atoms with Gasteiger partial charge in [-0.3, -0.25) is 9.78 Å². The third-order valence-electron chi connectivity index (χ3n) is 3.55. The molecule has 0 atom stereocenters. The topological polar surface area (TPSA) is 51.2 Å². The molecule has 0 fully saturated rings. The number of ether oxygens (including phenoxy) is 1. The minimum atomic E-state index is -0.0668. The van der Waals surface area contributed by atoms with Crippen molar-refractivity contribution < 1.29 is 9.53 Å². The second-order valence-electron chi connectivity index (χ2n) is 5.31. The van der Waals surface area contributed by atoms with Crippen molar-refractivity contribution in [3.63, 3.8) is 0 Å². The molecular weight excluding hydrogens is 380 g/mol. The van der Waals surface area contributed by atoms with Crippen LogP contribution < -0.4 is 10.1 Å². The molecule has 3 aromatic rings. The lowest BCUT2D eigenvalue weighted by Crippen LogP contribution is -2.06. The molecular formula is C20H17BrN2O2. The van der Waals surface area contributed by atoms with E-state index in [0.29, 0.717) is 17.7 Å². The first-order chi connectivity index (χ1) is 12.3. The number of halogens is 1. The van der Waals surface area contributed by atoms with E-state index in [1.54, 1.807) is 24.5 Å². The van der Waals surface area contributed by atoms with Crippen LogP contribution >= 0.6 is 15.9 Å². The van der Waals surface area contributed by atoms with Crippen LogP contribution in [0, 0.1) is 0 Å². The molecule has 0 aliphatic heterocycles. The minimum Gasteiger partial charge on any atom is -0.493 e. The van der Waals surface area contributed by atoms with Gasteiger partial charge < -0.3 is 10.1 Å². The maximum atomic E-state index is 12.8. The molecule has 0 radical (unpaired) electrons. The van der Waals surface area contributed by atoms with Gasteiger partial charge in [0.25, 0.3) is 0 Å². The molecule has 0 bridgehead atoms. The van der Waals surface area contributed by atoms with E-state index in [1.807, 2.05) is 48.5 Å². The van der Waals surface area contributed by atoms with E-state index in [9.17, 15) is 4.79 Å². The normalized spacial score (nSPS) is 10.3. The average molecular weight is 397 g/mol. The SMILES string of the molecule is O=C(c1cccnc1)c1ccccc1Nc1cccc(OCCBr)c1. The van der Waals surface area contributed by atoms with Crippen LogP contribution in [0.15, 0.2) is 73.1 Å². The summed E-state index contributed by atoms with van der Waals surface area (Å²) in [5, 5.41) is 4.08. The zero-order valence-electron chi connectivity index (χ0n) is 13.5. The molecule has 4 nitrogen and oxygen atoms in total. The van der Waals surface area contributed by atoms with E-state index in [0.717, 1.165) is 22.5 Å². The number of carbonyl (C=O) groups excluding carboxylic acids is 1. The third-order valence-corrected chi connectivity index (χ3v) is 3.88. The van der Waals surface area contributed by atoms with E-state index in [4.69, 9.17) is 4.74 Å². The Morgan fingerprint density at radius 1 is 1.08 bits per heavy atom. The number of benzene rings is 2. The van der Waals surface area contributed by atoms with Crippen LogP contribution in [0.1, 0.15) is 15.9 Å². The molecule has 0 aliphatic carbocycles. The van der Waals surface area contributed by atoms with Gasteiger partial charge in [0.15, 0.2) is 5.78 Å². The number of anilines is 2. The number of para-hydroxylation sites is 1. The van der Waals surface area contributed by atoms with Crippen LogP contribution in [0.2, 0.25) is 0 Å². The van der Waals surface area contributed by atoms with Crippen molar-refractivity contribution in [1.29, 1.82) is 0 Å². The fourth-order valence-corrected chi connectivity index (χ4v) is 2.58. The molecule has 5 heteroatoms. The number of hydrogen-bond acceptors (Lipinski definition) is 4. The summed E-state index contributed by atoms with van der Waals surface area (Å²) in [6, 6.07) is 18.6. The summed E-state index contributed by atoms with van der Waals surface area (Å²) >= 11 is 3.34. The van der Waals surface area contributed by atoms with Crippen LogP contribution in [-0.2, 0) is 0 Å². The van der Waals surface area contributed by atoms with Crippen molar-refractivity contribution in [1.82, 2.24) is 4.98 Å². The van der Waals surface area contributed by atoms with Crippen LogP contribution in [0.4, 0.5) is 11.4 Å². The highest BCUT2D eigenvalue weighted by Gasteiger charge is 2.13. The molecule has 1 N–H and O–H groups in total. The second-order valence-corrected chi connectivity index (χ2v) is 6.10. The maximum Gasteiger partial charge on any atom is 0.196 e. The predicted octanol–water partition coefficient (Wildman–Crippen LogP) is 4.83. The number of aromatic nitrogens is 1. The molecule has 3 rings (SSSR count). The smallest absolute Gasteiger partial charge is 0.196 e. The Hall–Kier alpha value is -2.66. The van der Waals surface area contributed by atoms with E-state index < -0.39 is 0 Å². The number of rotatable bonds is 7. The van der Waals surface area contributed by atoms with E-state index in [2.05, 4.69) is 26.2 Å². The lowest BCUT2D eigenvalue weighted by Gasteiger charge is -2.12. The Kier molecular flexibility index (Phi) is 5.80. The van der Waals surface area contributed by atoms with Crippen LogP contribution in [0.5, 0.6) is 5.75 Å². The number of hydrogen-bond donors (Lipinski definition) is 1. The number of alkyl halides is 1. The molecule has 0 spiro atoms. The van der Waals surface area contributed by atoms with Gasteiger partial charge in [-0.2, -0.15) is 0 Å². The van der Waals surface area contributed by atoms with Crippen molar-refractivity contribution in [2.75, 3.05) is 17.3 Å². The number of nitrogens with one attached hydrogen (secondary N) is 1. The monoisotopic (exact) mass is 396 g/mol. The lowest BCUT2D eigenvalue weighted by molar-refractivity contribution is 0.103. The summed E-state index contributed by atoms with van der Waals surface area (Å²) in [6.45, 7) is 0.597. The molecule has 0 amide bonds. The zero-order chi connectivity index (χ0) is 17.5. The van der Waals surface area contributed by atoms with Crippen molar-refractivity contribution in [2.45, 2.75) is 0 Å². The number of nitrogens with zero attached hydrogens (tertiary/aromatic N) is 1. The summed E-state index contributed by atoms with van der Waals surface area (Å²) in [7, 11) is 0.